The third-order valence-corrected chi connectivity index (χ3v) is 2.75. The molecule has 2 heterocycles. The van der Waals surface area contributed by atoms with Gasteiger partial charge < -0.3 is 4.74 Å². The predicted octanol–water partition coefficient (Wildman–Crippen LogP) is 2.19. The number of imidazole rings is 1. The summed E-state index contributed by atoms with van der Waals surface area (Å²) in [6, 6.07) is 1.76. The van der Waals surface area contributed by atoms with E-state index in [4.69, 9.17) is 0 Å². The van der Waals surface area contributed by atoms with E-state index in [-0.39, 0.29) is 5.97 Å². The molecule has 0 aliphatic heterocycles. The lowest BCUT2D eigenvalue weighted by Crippen LogP contribution is -2.04. The maximum absolute atomic E-state index is 11.4. The maximum atomic E-state index is 11.4. The predicted molar refractivity (Wildman–Crippen MR) is 59.0 cm³/mol. The SMILES string of the molecule is COC(=O)c1cc(C)c2ncc(Br)n2c1. The Hall–Kier alpha value is -1.36. The summed E-state index contributed by atoms with van der Waals surface area (Å²) in [5, 5.41) is 0. The van der Waals surface area contributed by atoms with E-state index in [1.165, 1.54) is 7.11 Å². The maximum Gasteiger partial charge on any atom is 0.339 e. The lowest BCUT2D eigenvalue weighted by atomic mass is 10.2. The fourth-order valence-electron chi connectivity index (χ4n) is 1.46. The molecule has 0 bridgehead atoms. The molecule has 0 saturated heterocycles. The van der Waals surface area contributed by atoms with Crippen LogP contribution in [0.4, 0.5) is 0 Å². The Balaban J connectivity index is 2.70. The molecule has 15 heavy (non-hydrogen) atoms. The number of carbonyl (C=O) groups excluding carboxylic acids is 1. The van der Waals surface area contributed by atoms with Crippen molar-refractivity contribution in [1.82, 2.24) is 9.38 Å². The Morgan fingerprint density at radius 2 is 2.33 bits per heavy atom. The van der Waals surface area contributed by atoms with Crippen molar-refractivity contribution in [3.8, 4) is 0 Å². The summed E-state index contributed by atoms with van der Waals surface area (Å²) in [4.78, 5) is 15.6. The minimum absolute atomic E-state index is 0.347. The number of pyridine rings is 1. The molecule has 0 spiro atoms. The van der Waals surface area contributed by atoms with Crippen molar-refractivity contribution in [2.75, 3.05) is 7.11 Å². The van der Waals surface area contributed by atoms with Crippen molar-refractivity contribution in [2.24, 2.45) is 0 Å². The average Bonchev–Trinajstić information content (AvgIpc) is 2.60. The highest BCUT2D eigenvalue weighted by atomic mass is 79.9. The van der Waals surface area contributed by atoms with Crippen LogP contribution >= 0.6 is 15.9 Å². The fraction of sp³-hybridized carbons (Fsp3) is 0.200. The first-order valence-electron chi connectivity index (χ1n) is 4.35. The van der Waals surface area contributed by atoms with Gasteiger partial charge in [-0.05, 0) is 34.5 Å². The highest BCUT2D eigenvalue weighted by Gasteiger charge is 2.10. The van der Waals surface area contributed by atoms with Gasteiger partial charge in [0.05, 0.1) is 18.9 Å². The summed E-state index contributed by atoms with van der Waals surface area (Å²) < 4.78 is 7.29. The molecule has 0 fully saturated rings. The second-order valence-electron chi connectivity index (χ2n) is 3.18. The van der Waals surface area contributed by atoms with Crippen LogP contribution in [0.5, 0.6) is 0 Å². The van der Waals surface area contributed by atoms with Gasteiger partial charge in [0, 0.05) is 6.20 Å². The number of aromatic nitrogens is 2. The van der Waals surface area contributed by atoms with Gasteiger partial charge in [-0.15, -0.1) is 0 Å². The Bertz CT molecular complexity index is 533. The molecule has 0 aliphatic rings. The van der Waals surface area contributed by atoms with Crippen molar-refractivity contribution in [3.05, 3.63) is 34.2 Å². The third-order valence-electron chi connectivity index (χ3n) is 2.17. The molecule has 0 radical (unpaired) electrons. The quantitative estimate of drug-likeness (QED) is 0.745. The van der Waals surface area contributed by atoms with E-state index in [2.05, 4.69) is 25.7 Å². The van der Waals surface area contributed by atoms with Gasteiger partial charge in [-0.1, -0.05) is 0 Å². The molecule has 2 aromatic heterocycles. The van der Waals surface area contributed by atoms with Gasteiger partial charge in [0.15, 0.2) is 0 Å². The molecule has 5 heteroatoms. The van der Waals surface area contributed by atoms with Crippen LogP contribution in [0.25, 0.3) is 5.65 Å². The summed E-state index contributed by atoms with van der Waals surface area (Å²) in [5.41, 5.74) is 2.28. The van der Waals surface area contributed by atoms with Crippen LogP contribution in [0, 0.1) is 6.92 Å². The van der Waals surface area contributed by atoms with Crippen molar-refractivity contribution in [2.45, 2.75) is 6.92 Å². The minimum atomic E-state index is -0.347. The van der Waals surface area contributed by atoms with Gasteiger partial charge in [-0.25, -0.2) is 9.78 Å². The average molecular weight is 269 g/mol. The zero-order valence-corrected chi connectivity index (χ0v) is 9.91. The van der Waals surface area contributed by atoms with Gasteiger partial charge in [-0.2, -0.15) is 0 Å². The molecule has 0 aromatic carbocycles. The standard InChI is InChI=1S/C10H9BrN2O2/c1-6-3-7(10(14)15-2)5-13-8(11)4-12-9(6)13/h3-5H,1-2H3. The summed E-state index contributed by atoms with van der Waals surface area (Å²) >= 11 is 3.35. The van der Waals surface area contributed by atoms with Crippen molar-refractivity contribution >= 4 is 27.5 Å². The Morgan fingerprint density at radius 3 is 3.00 bits per heavy atom. The molecule has 0 N–H and O–H groups in total. The second kappa shape index (κ2) is 3.66. The number of methoxy groups -OCH3 is 1. The van der Waals surface area contributed by atoms with E-state index in [9.17, 15) is 4.79 Å². The highest BCUT2D eigenvalue weighted by molar-refractivity contribution is 9.10. The molecule has 0 unspecified atom stereocenters. The number of ether oxygens (including phenoxy) is 1. The highest BCUT2D eigenvalue weighted by Crippen LogP contribution is 2.18. The number of carbonyl (C=O) groups is 1. The summed E-state index contributed by atoms with van der Waals surface area (Å²) in [6.45, 7) is 1.90. The first-order chi connectivity index (χ1) is 7.13. The summed E-state index contributed by atoms with van der Waals surface area (Å²) in [5.74, 6) is -0.347. The van der Waals surface area contributed by atoms with Crippen LogP contribution < -0.4 is 0 Å². The van der Waals surface area contributed by atoms with E-state index in [0.717, 1.165) is 15.8 Å². The number of aryl methyl sites for hydroxylation is 1. The van der Waals surface area contributed by atoms with Gasteiger partial charge >= 0.3 is 5.97 Å². The largest absolute Gasteiger partial charge is 0.465 e. The second-order valence-corrected chi connectivity index (χ2v) is 3.99. The molecule has 4 nitrogen and oxygen atoms in total. The first kappa shape index (κ1) is 10.2. The Labute approximate surface area is 95.0 Å². The number of fused-ring (bicyclic) bond motifs is 1. The molecule has 0 atom stereocenters. The number of esters is 1. The summed E-state index contributed by atoms with van der Waals surface area (Å²) in [7, 11) is 1.37. The fourth-order valence-corrected chi connectivity index (χ4v) is 1.83. The zero-order valence-electron chi connectivity index (χ0n) is 8.32. The first-order valence-corrected chi connectivity index (χ1v) is 5.14. The van der Waals surface area contributed by atoms with Crippen molar-refractivity contribution < 1.29 is 9.53 Å². The molecule has 0 amide bonds. The molecule has 2 rings (SSSR count). The van der Waals surface area contributed by atoms with E-state index >= 15 is 0 Å². The van der Waals surface area contributed by atoms with Gasteiger partial charge in [0.25, 0.3) is 0 Å². The molecule has 0 saturated carbocycles. The van der Waals surface area contributed by atoms with Crippen LogP contribution in [0.1, 0.15) is 15.9 Å². The zero-order chi connectivity index (χ0) is 11.0. The molecule has 78 valence electrons. The lowest BCUT2D eigenvalue weighted by molar-refractivity contribution is 0.0600. The van der Waals surface area contributed by atoms with Gasteiger partial charge in [-0.3, -0.25) is 4.40 Å². The monoisotopic (exact) mass is 268 g/mol. The molecule has 2 aromatic rings. The van der Waals surface area contributed by atoms with E-state index in [0.29, 0.717) is 5.56 Å². The molecular formula is C10H9BrN2O2. The topological polar surface area (TPSA) is 43.6 Å². The van der Waals surface area contributed by atoms with Crippen molar-refractivity contribution in [1.29, 1.82) is 0 Å². The van der Waals surface area contributed by atoms with Crippen LogP contribution in [-0.4, -0.2) is 22.5 Å². The van der Waals surface area contributed by atoms with Crippen molar-refractivity contribution in [3.63, 3.8) is 0 Å². The van der Waals surface area contributed by atoms with Crippen LogP contribution in [-0.2, 0) is 4.74 Å². The number of rotatable bonds is 1. The third kappa shape index (κ3) is 1.63. The van der Waals surface area contributed by atoms with Crippen LogP contribution in [0.15, 0.2) is 23.1 Å². The van der Waals surface area contributed by atoms with Gasteiger partial charge in [0.1, 0.15) is 10.3 Å². The van der Waals surface area contributed by atoms with E-state index in [1.807, 2.05) is 11.3 Å². The molecular weight excluding hydrogens is 260 g/mol. The lowest BCUT2D eigenvalue weighted by Gasteiger charge is -2.03. The number of halogens is 1. The van der Waals surface area contributed by atoms with E-state index in [1.54, 1.807) is 18.5 Å². The Kier molecular flexibility index (Phi) is 2.48. The minimum Gasteiger partial charge on any atom is -0.465 e. The smallest absolute Gasteiger partial charge is 0.339 e. The summed E-state index contributed by atoms with van der Waals surface area (Å²) in [6.07, 6.45) is 3.40. The number of nitrogens with zero attached hydrogens (tertiary/aromatic N) is 2. The van der Waals surface area contributed by atoms with Crippen LogP contribution in [0.2, 0.25) is 0 Å². The number of hydrogen-bond acceptors (Lipinski definition) is 3. The van der Waals surface area contributed by atoms with Crippen LogP contribution in [0.3, 0.4) is 0 Å². The number of hydrogen-bond donors (Lipinski definition) is 0. The normalized spacial score (nSPS) is 10.6. The van der Waals surface area contributed by atoms with Gasteiger partial charge in [0.2, 0.25) is 0 Å². The molecule has 0 aliphatic carbocycles. The Morgan fingerprint density at radius 1 is 1.60 bits per heavy atom. The van der Waals surface area contributed by atoms with E-state index < -0.39 is 0 Å².